The highest BCUT2D eigenvalue weighted by Gasteiger charge is 2.14. The van der Waals surface area contributed by atoms with E-state index in [4.69, 9.17) is 10.2 Å². The number of fused-ring (bicyclic) bond motifs is 1. The van der Waals surface area contributed by atoms with Crippen molar-refractivity contribution in [1.29, 1.82) is 0 Å². The van der Waals surface area contributed by atoms with Crippen LogP contribution in [-0.2, 0) is 4.79 Å². The van der Waals surface area contributed by atoms with Crippen LogP contribution in [0.1, 0.15) is 18.4 Å². The summed E-state index contributed by atoms with van der Waals surface area (Å²) in [6.45, 7) is 1.78. The van der Waals surface area contributed by atoms with E-state index in [1.807, 2.05) is 48.5 Å². The number of benzene rings is 2. The van der Waals surface area contributed by atoms with Gasteiger partial charge in [0.15, 0.2) is 5.58 Å². The first kappa shape index (κ1) is 12.4. The molecule has 1 aromatic heterocycles. The lowest BCUT2D eigenvalue weighted by Crippen LogP contribution is -2.18. The molecule has 1 heterocycles. The summed E-state index contributed by atoms with van der Waals surface area (Å²) in [5.41, 5.74) is 8.52. The third kappa shape index (κ3) is 2.16. The number of carbonyl (C=O) groups excluding carboxylic acids is 1. The van der Waals surface area contributed by atoms with Crippen LogP contribution in [0.15, 0.2) is 52.9 Å². The maximum atomic E-state index is 11.2. The Kier molecular flexibility index (Phi) is 2.99. The second-order valence-electron chi connectivity index (χ2n) is 4.74. The summed E-state index contributed by atoms with van der Waals surface area (Å²) < 4.78 is 5.72. The minimum absolute atomic E-state index is 0.337. The summed E-state index contributed by atoms with van der Waals surface area (Å²) in [5, 5.41) is 0. The van der Waals surface area contributed by atoms with E-state index in [2.05, 4.69) is 4.98 Å². The molecule has 0 bridgehead atoms. The number of aromatic nitrogens is 1. The summed E-state index contributed by atoms with van der Waals surface area (Å²) >= 11 is 0. The average molecular weight is 266 g/mol. The zero-order chi connectivity index (χ0) is 14.1. The van der Waals surface area contributed by atoms with E-state index in [9.17, 15) is 4.79 Å². The molecule has 2 aromatic carbocycles. The first-order chi connectivity index (χ1) is 9.65. The molecular formula is C16H14N2O2. The van der Waals surface area contributed by atoms with E-state index in [0.29, 0.717) is 11.5 Å². The van der Waals surface area contributed by atoms with E-state index in [1.165, 1.54) is 0 Å². The van der Waals surface area contributed by atoms with Crippen LogP contribution in [0, 0.1) is 0 Å². The lowest BCUT2D eigenvalue weighted by atomic mass is 10.0. The van der Waals surface area contributed by atoms with Crippen LogP contribution >= 0.6 is 0 Å². The van der Waals surface area contributed by atoms with Gasteiger partial charge in [-0.3, -0.25) is 4.79 Å². The Morgan fingerprint density at radius 1 is 1.20 bits per heavy atom. The van der Waals surface area contributed by atoms with Gasteiger partial charge in [-0.15, -0.1) is 0 Å². The molecule has 0 aliphatic carbocycles. The molecule has 0 fully saturated rings. The number of primary amides is 1. The number of oxazole rings is 1. The van der Waals surface area contributed by atoms with Crippen molar-refractivity contribution in [2.24, 2.45) is 5.73 Å². The third-order valence-electron chi connectivity index (χ3n) is 3.36. The minimum Gasteiger partial charge on any atom is -0.436 e. The summed E-state index contributed by atoms with van der Waals surface area (Å²) in [6.07, 6.45) is 0. The molecule has 1 atom stereocenters. The van der Waals surface area contributed by atoms with Gasteiger partial charge >= 0.3 is 0 Å². The monoisotopic (exact) mass is 266 g/mol. The molecule has 0 aliphatic heterocycles. The summed E-state index contributed by atoms with van der Waals surface area (Å²) in [5.74, 6) is -0.114. The molecule has 100 valence electrons. The molecule has 4 heteroatoms. The van der Waals surface area contributed by atoms with Crippen molar-refractivity contribution in [1.82, 2.24) is 4.98 Å². The SMILES string of the molecule is C[C@@H](C(N)=O)c1ccc2oc(-c3ccccc3)nc2c1. The van der Waals surface area contributed by atoms with Crippen LogP contribution in [0.4, 0.5) is 0 Å². The molecule has 3 rings (SSSR count). The molecule has 0 aliphatic rings. The van der Waals surface area contributed by atoms with Crippen molar-refractivity contribution >= 4 is 17.0 Å². The van der Waals surface area contributed by atoms with Gasteiger partial charge in [0, 0.05) is 5.56 Å². The molecule has 20 heavy (non-hydrogen) atoms. The van der Waals surface area contributed by atoms with Gasteiger partial charge in [0.2, 0.25) is 11.8 Å². The standard InChI is InChI=1S/C16H14N2O2/c1-10(15(17)19)12-7-8-14-13(9-12)18-16(20-14)11-5-3-2-4-6-11/h2-10H,1H3,(H2,17,19)/t10-/m1/s1. The normalized spacial score (nSPS) is 12.4. The fourth-order valence-electron chi connectivity index (χ4n) is 2.08. The number of hydrogen-bond acceptors (Lipinski definition) is 3. The van der Waals surface area contributed by atoms with Gasteiger partial charge in [0.1, 0.15) is 5.52 Å². The predicted molar refractivity (Wildman–Crippen MR) is 77.1 cm³/mol. The van der Waals surface area contributed by atoms with E-state index < -0.39 is 0 Å². The zero-order valence-electron chi connectivity index (χ0n) is 11.0. The molecule has 0 spiro atoms. The van der Waals surface area contributed by atoms with Crippen LogP contribution in [0.3, 0.4) is 0 Å². The van der Waals surface area contributed by atoms with Gasteiger partial charge in [-0.1, -0.05) is 24.3 Å². The molecule has 0 radical (unpaired) electrons. The fraction of sp³-hybridized carbons (Fsp3) is 0.125. The Labute approximate surface area is 116 Å². The van der Waals surface area contributed by atoms with Crippen LogP contribution in [0.2, 0.25) is 0 Å². The number of rotatable bonds is 3. The molecular weight excluding hydrogens is 252 g/mol. The first-order valence-corrected chi connectivity index (χ1v) is 6.40. The van der Waals surface area contributed by atoms with Crippen molar-refractivity contribution in [2.75, 3.05) is 0 Å². The predicted octanol–water partition coefficient (Wildman–Crippen LogP) is 3.08. The molecule has 4 nitrogen and oxygen atoms in total. The lowest BCUT2D eigenvalue weighted by Gasteiger charge is -2.06. The average Bonchev–Trinajstić information content (AvgIpc) is 2.90. The Bertz CT molecular complexity index is 763. The number of carbonyl (C=O) groups is 1. The molecule has 0 saturated heterocycles. The van der Waals surface area contributed by atoms with Crippen molar-refractivity contribution in [3.63, 3.8) is 0 Å². The number of nitrogens with two attached hydrogens (primary N) is 1. The van der Waals surface area contributed by atoms with E-state index >= 15 is 0 Å². The Morgan fingerprint density at radius 2 is 1.95 bits per heavy atom. The van der Waals surface area contributed by atoms with Crippen molar-refractivity contribution in [3.05, 3.63) is 54.1 Å². The highest BCUT2D eigenvalue weighted by atomic mass is 16.3. The first-order valence-electron chi connectivity index (χ1n) is 6.40. The van der Waals surface area contributed by atoms with Crippen LogP contribution in [-0.4, -0.2) is 10.9 Å². The van der Waals surface area contributed by atoms with Gasteiger partial charge in [-0.05, 0) is 36.8 Å². The van der Waals surface area contributed by atoms with Gasteiger partial charge in [0.25, 0.3) is 0 Å². The summed E-state index contributed by atoms with van der Waals surface area (Å²) in [4.78, 5) is 15.7. The van der Waals surface area contributed by atoms with Gasteiger partial charge in [-0.25, -0.2) is 4.98 Å². The lowest BCUT2D eigenvalue weighted by molar-refractivity contribution is -0.119. The summed E-state index contributed by atoms with van der Waals surface area (Å²) in [7, 11) is 0. The summed E-state index contributed by atoms with van der Waals surface area (Å²) in [6, 6.07) is 15.2. The molecule has 3 aromatic rings. The van der Waals surface area contributed by atoms with Crippen molar-refractivity contribution < 1.29 is 9.21 Å². The topological polar surface area (TPSA) is 69.1 Å². The molecule has 1 amide bonds. The quantitative estimate of drug-likeness (QED) is 0.792. The highest BCUT2D eigenvalue weighted by Crippen LogP contribution is 2.26. The van der Waals surface area contributed by atoms with Crippen molar-refractivity contribution in [3.8, 4) is 11.5 Å². The van der Waals surface area contributed by atoms with E-state index in [0.717, 1.165) is 16.6 Å². The van der Waals surface area contributed by atoms with Gasteiger partial charge < -0.3 is 10.2 Å². The van der Waals surface area contributed by atoms with E-state index in [-0.39, 0.29) is 11.8 Å². The fourth-order valence-corrected chi connectivity index (χ4v) is 2.08. The smallest absolute Gasteiger partial charge is 0.227 e. The third-order valence-corrected chi connectivity index (χ3v) is 3.36. The largest absolute Gasteiger partial charge is 0.436 e. The Morgan fingerprint density at radius 3 is 2.65 bits per heavy atom. The Balaban J connectivity index is 2.06. The van der Waals surface area contributed by atoms with Crippen LogP contribution in [0.5, 0.6) is 0 Å². The number of nitrogens with zero attached hydrogens (tertiary/aromatic N) is 1. The molecule has 2 N–H and O–H groups in total. The van der Waals surface area contributed by atoms with Gasteiger partial charge in [-0.2, -0.15) is 0 Å². The number of amides is 1. The van der Waals surface area contributed by atoms with Gasteiger partial charge in [0.05, 0.1) is 5.92 Å². The Hall–Kier alpha value is -2.62. The maximum absolute atomic E-state index is 11.2. The highest BCUT2D eigenvalue weighted by molar-refractivity contribution is 5.84. The number of hydrogen-bond donors (Lipinski definition) is 1. The van der Waals surface area contributed by atoms with Crippen molar-refractivity contribution in [2.45, 2.75) is 12.8 Å². The molecule has 0 saturated carbocycles. The zero-order valence-corrected chi connectivity index (χ0v) is 11.0. The van der Waals surface area contributed by atoms with Crippen LogP contribution in [0.25, 0.3) is 22.6 Å². The second kappa shape index (κ2) is 4.81. The maximum Gasteiger partial charge on any atom is 0.227 e. The van der Waals surface area contributed by atoms with E-state index in [1.54, 1.807) is 6.92 Å². The minimum atomic E-state index is -0.351. The van der Waals surface area contributed by atoms with Crippen LogP contribution < -0.4 is 5.73 Å². The second-order valence-corrected chi connectivity index (χ2v) is 4.74. The molecule has 0 unspecified atom stereocenters.